The highest BCUT2D eigenvalue weighted by molar-refractivity contribution is 5.79. The molecule has 2 atom stereocenters. The van der Waals surface area contributed by atoms with Crippen molar-refractivity contribution in [3.05, 3.63) is 0 Å². The topological polar surface area (TPSA) is 44.8 Å². The second-order valence-electron chi connectivity index (χ2n) is 7.77. The van der Waals surface area contributed by atoms with E-state index in [9.17, 15) is 4.79 Å². The second-order valence-corrected chi connectivity index (χ2v) is 7.77. The molecule has 1 amide bonds. The van der Waals surface area contributed by atoms with E-state index in [2.05, 4.69) is 29.0 Å². The fourth-order valence-corrected chi connectivity index (χ4v) is 4.46. The molecule has 2 unspecified atom stereocenters. The standard InChI is InChI=1S/C18H33N3O2/c1-14-11-20(12-15(2)23-14)13-16-5-9-21(10-6-16)18(22)17-3-7-19-8-4-17/h14-17,19H,3-13H2,1-2H3. The normalized spacial score (nSPS) is 32.2. The first-order chi connectivity index (χ1) is 11.1. The summed E-state index contributed by atoms with van der Waals surface area (Å²) in [4.78, 5) is 17.3. The summed E-state index contributed by atoms with van der Waals surface area (Å²) >= 11 is 0. The molecular weight excluding hydrogens is 290 g/mol. The molecule has 3 fully saturated rings. The fourth-order valence-electron chi connectivity index (χ4n) is 4.46. The Bertz CT molecular complexity index is 380. The van der Waals surface area contributed by atoms with Gasteiger partial charge in [-0.25, -0.2) is 0 Å². The molecule has 0 radical (unpaired) electrons. The third kappa shape index (κ3) is 4.68. The van der Waals surface area contributed by atoms with E-state index in [1.54, 1.807) is 0 Å². The number of likely N-dealkylation sites (tertiary alicyclic amines) is 1. The highest BCUT2D eigenvalue weighted by Crippen LogP contribution is 2.23. The second kappa shape index (κ2) is 7.95. The predicted octanol–water partition coefficient (Wildman–Crippen LogP) is 1.33. The number of ether oxygens (including phenoxy) is 1. The third-order valence-electron chi connectivity index (χ3n) is 5.63. The zero-order chi connectivity index (χ0) is 16.2. The SMILES string of the molecule is CC1CN(CC2CCN(C(=O)C3CCNCC3)CC2)CC(C)O1. The van der Waals surface area contributed by atoms with Crippen LogP contribution in [-0.4, -0.2) is 73.7 Å². The Balaban J connectivity index is 1.42. The third-order valence-corrected chi connectivity index (χ3v) is 5.63. The van der Waals surface area contributed by atoms with Gasteiger partial charge in [0.05, 0.1) is 12.2 Å². The lowest BCUT2D eigenvalue weighted by atomic mass is 9.92. The molecule has 3 aliphatic heterocycles. The number of carbonyl (C=O) groups is 1. The number of amides is 1. The van der Waals surface area contributed by atoms with Crippen LogP contribution < -0.4 is 5.32 Å². The average molecular weight is 323 g/mol. The molecule has 3 heterocycles. The molecule has 0 aromatic heterocycles. The Labute approximate surface area is 140 Å². The Morgan fingerprint density at radius 2 is 1.65 bits per heavy atom. The molecule has 5 heteroatoms. The summed E-state index contributed by atoms with van der Waals surface area (Å²) in [6.45, 7) is 11.5. The molecule has 132 valence electrons. The minimum atomic E-state index is 0.272. The molecule has 0 spiro atoms. The summed E-state index contributed by atoms with van der Waals surface area (Å²) in [5.41, 5.74) is 0. The summed E-state index contributed by atoms with van der Waals surface area (Å²) in [6.07, 6.45) is 5.05. The molecule has 0 aliphatic carbocycles. The number of hydrogen-bond donors (Lipinski definition) is 1. The summed E-state index contributed by atoms with van der Waals surface area (Å²) in [7, 11) is 0. The minimum absolute atomic E-state index is 0.272. The first-order valence-corrected chi connectivity index (χ1v) is 9.49. The van der Waals surface area contributed by atoms with Gasteiger partial charge < -0.3 is 15.0 Å². The van der Waals surface area contributed by atoms with Crippen molar-refractivity contribution >= 4 is 5.91 Å². The van der Waals surface area contributed by atoms with Gasteiger partial charge in [0.25, 0.3) is 0 Å². The van der Waals surface area contributed by atoms with Crippen molar-refractivity contribution in [1.29, 1.82) is 0 Å². The van der Waals surface area contributed by atoms with E-state index < -0.39 is 0 Å². The smallest absolute Gasteiger partial charge is 0.225 e. The summed E-state index contributed by atoms with van der Waals surface area (Å²) in [5, 5.41) is 3.35. The Morgan fingerprint density at radius 1 is 1.04 bits per heavy atom. The lowest BCUT2D eigenvalue weighted by molar-refractivity contribution is -0.138. The molecule has 1 N–H and O–H groups in total. The van der Waals surface area contributed by atoms with Crippen molar-refractivity contribution in [3.63, 3.8) is 0 Å². The van der Waals surface area contributed by atoms with Crippen LogP contribution in [0.15, 0.2) is 0 Å². The van der Waals surface area contributed by atoms with Gasteiger partial charge in [0.2, 0.25) is 5.91 Å². The number of carbonyl (C=O) groups excluding carboxylic acids is 1. The van der Waals surface area contributed by atoms with E-state index in [4.69, 9.17) is 4.74 Å². The van der Waals surface area contributed by atoms with E-state index in [-0.39, 0.29) is 5.92 Å². The Hall–Kier alpha value is -0.650. The highest BCUT2D eigenvalue weighted by atomic mass is 16.5. The van der Waals surface area contributed by atoms with Gasteiger partial charge in [-0.05, 0) is 58.5 Å². The van der Waals surface area contributed by atoms with Gasteiger partial charge in [-0.15, -0.1) is 0 Å². The average Bonchev–Trinajstić information content (AvgIpc) is 2.55. The fraction of sp³-hybridized carbons (Fsp3) is 0.944. The maximum atomic E-state index is 12.6. The largest absolute Gasteiger partial charge is 0.373 e. The van der Waals surface area contributed by atoms with Gasteiger partial charge in [-0.1, -0.05) is 0 Å². The number of piperidine rings is 2. The molecule has 3 saturated heterocycles. The number of morpholine rings is 1. The van der Waals surface area contributed by atoms with Crippen molar-refractivity contribution in [3.8, 4) is 0 Å². The Morgan fingerprint density at radius 3 is 2.26 bits per heavy atom. The van der Waals surface area contributed by atoms with E-state index in [0.29, 0.717) is 18.1 Å². The molecular formula is C18H33N3O2. The quantitative estimate of drug-likeness (QED) is 0.851. The van der Waals surface area contributed by atoms with Crippen molar-refractivity contribution in [1.82, 2.24) is 15.1 Å². The van der Waals surface area contributed by atoms with Crippen LogP contribution in [0.2, 0.25) is 0 Å². The Kier molecular flexibility index (Phi) is 5.94. The van der Waals surface area contributed by atoms with Crippen molar-refractivity contribution in [2.24, 2.45) is 11.8 Å². The first kappa shape index (κ1) is 17.2. The lowest BCUT2D eigenvalue weighted by Crippen LogP contribution is -2.49. The lowest BCUT2D eigenvalue weighted by Gasteiger charge is -2.40. The van der Waals surface area contributed by atoms with Crippen LogP contribution >= 0.6 is 0 Å². The van der Waals surface area contributed by atoms with Crippen LogP contribution in [0.3, 0.4) is 0 Å². The molecule has 0 saturated carbocycles. The van der Waals surface area contributed by atoms with E-state index >= 15 is 0 Å². The maximum absolute atomic E-state index is 12.6. The molecule has 23 heavy (non-hydrogen) atoms. The molecule has 5 nitrogen and oxygen atoms in total. The van der Waals surface area contributed by atoms with Crippen molar-refractivity contribution < 1.29 is 9.53 Å². The zero-order valence-electron chi connectivity index (χ0n) is 14.8. The number of nitrogens with one attached hydrogen (secondary N) is 1. The van der Waals surface area contributed by atoms with E-state index in [1.165, 1.54) is 6.54 Å². The van der Waals surface area contributed by atoms with Gasteiger partial charge in [0.15, 0.2) is 0 Å². The number of rotatable bonds is 3. The van der Waals surface area contributed by atoms with Gasteiger partial charge >= 0.3 is 0 Å². The van der Waals surface area contributed by atoms with Crippen LogP contribution in [-0.2, 0) is 9.53 Å². The number of hydrogen-bond acceptors (Lipinski definition) is 4. The first-order valence-electron chi connectivity index (χ1n) is 9.49. The minimum Gasteiger partial charge on any atom is -0.373 e. The van der Waals surface area contributed by atoms with Gasteiger partial charge in [0, 0.05) is 38.6 Å². The monoisotopic (exact) mass is 323 g/mol. The van der Waals surface area contributed by atoms with Crippen LogP contribution in [0.1, 0.15) is 39.5 Å². The van der Waals surface area contributed by atoms with Crippen molar-refractivity contribution in [2.45, 2.75) is 51.7 Å². The molecule has 3 aliphatic rings. The van der Waals surface area contributed by atoms with Gasteiger partial charge in [-0.2, -0.15) is 0 Å². The molecule has 0 aromatic rings. The van der Waals surface area contributed by atoms with Crippen LogP contribution in [0.5, 0.6) is 0 Å². The highest BCUT2D eigenvalue weighted by Gasteiger charge is 2.30. The molecule has 3 rings (SSSR count). The van der Waals surface area contributed by atoms with Crippen LogP contribution in [0, 0.1) is 11.8 Å². The van der Waals surface area contributed by atoms with E-state index in [1.807, 2.05) is 0 Å². The molecule has 0 aromatic carbocycles. The van der Waals surface area contributed by atoms with Gasteiger partial charge in [0.1, 0.15) is 0 Å². The summed E-state index contributed by atoms with van der Waals surface area (Å²) in [6, 6.07) is 0. The van der Waals surface area contributed by atoms with Crippen molar-refractivity contribution in [2.75, 3.05) is 45.8 Å². The predicted molar refractivity (Wildman–Crippen MR) is 91.3 cm³/mol. The zero-order valence-corrected chi connectivity index (χ0v) is 14.8. The summed E-state index contributed by atoms with van der Waals surface area (Å²) in [5.74, 6) is 1.43. The maximum Gasteiger partial charge on any atom is 0.225 e. The van der Waals surface area contributed by atoms with Crippen LogP contribution in [0.25, 0.3) is 0 Å². The summed E-state index contributed by atoms with van der Waals surface area (Å²) < 4.78 is 5.82. The van der Waals surface area contributed by atoms with Gasteiger partial charge in [-0.3, -0.25) is 9.69 Å². The van der Waals surface area contributed by atoms with Crippen LogP contribution in [0.4, 0.5) is 0 Å². The van der Waals surface area contributed by atoms with E-state index in [0.717, 1.165) is 70.9 Å². The number of nitrogens with zero attached hydrogens (tertiary/aromatic N) is 2. The molecule has 0 bridgehead atoms.